The zero-order chi connectivity index (χ0) is 33.5. The van der Waals surface area contributed by atoms with Crippen molar-refractivity contribution in [1.29, 1.82) is 0 Å². The average molecular weight is 663 g/mol. The predicted octanol–water partition coefficient (Wildman–Crippen LogP) is 4.11. The normalized spacial score (nSPS) is 22.9. The van der Waals surface area contributed by atoms with Gasteiger partial charge in [-0.25, -0.2) is 18.5 Å². The van der Waals surface area contributed by atoms with Gasteiger partial charge in [-0.15, -0.1) is 0 Å². The summed E-state index contributed by atoms with van der Waals surface area (Å²) in [6, 6.07) is 17.0. The third-order valence-electron chi connectivity index (χ3n) is 6.68. The Morgan fingerprint density at radius 3 is 2.39 bits per heavy atom. The topological polar surface area (TPSA) is 177 Å². The fraction of sp³-hybridized carbons (Fsp3) is 0.400. The van der Waals surface area contributed by atoms with Crippen molar-refractivity contribution in [3.8, 4) is 5.75 Å². The predicted molar refractivity (Wildman–Crippen MR) is 163 cm³/mol. The highest BCUT2D eigenvalue weighted by Gasteiger charge is 2.56. The van der Waals surface area contributed by atoms with Crippen LogP contribution in [0.4, 0.5) is 15.0 Å². The number of aromatic nitrogens is 2. The van der Waals surface area contributed by atoms with Crippen molar-refractivity contribution in [2.75, 3.05) is 11.9 Å². The van der Waals surface area contributed by atoms with Crippen molar-refractivity contribution < 1.29 is 46.9 Å². The lowest BCUT2D eigenvalue weighted by Crippen LogP contribution is -2.43. The van der Waals surface area contributed by atoms with E-state index in [1.54, 1.807) is 56.3 Å². The van der Waals surface area contributed by atoms with Gasteiger partial charge in [-0.1, -0.05) is 48.5 Å². The third-order valence-corrected chi connectivity index (χ3v) is 8.32. The fourth-order valence-electron chi connectivity index (χ4n) is 4.38. The number of anilines is 1. The molecule has 0 saturated carbocycles. The molecule has 0 unspecified atom stereocenters. The first-order chi connectivity index (χ1) is 21.8. The Morgan fingerprint density at radius 1 is 1.11 bits per heavy atom. The van der Waals surface area contributed by atoms with Gasteiger partial charge in [0.1, 0.15) is 36.4 Å². The molecule has 1 saturated heterocycles. The summed E-state index contributed by atoms with van der Waals surface area (Å²) in [4.78, 5) is 41.2. The second-order valence-corrected chi connectivity index (χ2v) is 12.5. The van der Waals surface area contributed by atoms with Gasteiger partial charge in [0.05, 0.1) is 12.7 Å². The first-order valence-electron chi connectivity index (χ1n) is 14.3. The highest BCUT2D eigenvalue weighted by atomic mass is 31.2. The summed E-state index contributed by atoms with van der Waals surface area (Å²) in [6.45, 7) is 5.03. The number of rotatable bonds is 13. The Balaban J connectivity index is 1.44. The molecule has 1 aliphatic rings. The first kappa shape index (κ1) is 34.7. The summed E-state index contributed by atoms with van der Waals surface area (Å²) in [5.41, 5.74) is -2.80. The molecule has 4 rings (SSSR count). The van der Waals surface area contributed by atoms with Gasteiger partial charge in [-0.3, -0.25) is 19.2 Å². The van der Waals surface area contributed by atoms with Crippen LogP contribution in [0.15, 0.2) is 77.7 Å². The average Bonchev–Trinajstić information content (AvgIpc) is 3.23. The summed E-state index contributed by atoms with van der Waals surface area (Å²) in [5, 5.41) is 15.6. The molecule has 0 radical (unpaired) electrons. The molecule has 2 aromatic carbocycles. The molecule has 14 nitrogen and oxygen atoms in total. The minimum Gasteiger partial charge on any atom is -0.462 e. The van der Waals surface area contributed by atoms with E-state index < -0.39 is 68.4 Å². The van der Waals surface area contributed by atoms with Crippen molar-refractivity contribution >= 4 is 25.6 Å². The molecule has 1 amide bonds. The summed E-state index contributed by atoms with van der Waals surface area (Å²) >= 11 is 0. The van der Waals surface area contributed by atoms with Crippen LogP contribution >= 0.6 is 7.75 Å². The SMILES string of the molecule is CC(C)OC(=O)[C@H](C)N[P@](=O)(OC[C@H]1O[C@@H](n2ccc(NC(=O)OCc3ccccc3)nc2=O)[C@](C)(F)[C@@H]1O)Oc1ccccc1. The highest BCUT2D eigenvalue weighted by Crippen LogP contribution is 2.47. The van der Waals surface area contributed by atoms with Crippen molar-refractivity contribution in [2.45, 2.75) is 70.6 Å². The van der Waals surface area contributed by atoms with Crippen molar-refractivity contribution in [3.63, 3.8) is 0 Å². The van der Waals surface area contributed by atoms with Crippen LogP contribution in [0.3, 0.4) is 0 Å². The quantitative estimate of drug-likeness (QED) is 0.177. The molecule has 1 fully saturated rings. The van der Waals surface area contributed by atoms with Crippen LogP contribution in [-0.2, 0) is 34.7 Å². The van der Waals surface area contributed by atoms with Gasteiger partial charge < -0.3 is 23.8 Å². The number of nitrogens with one attached hydrogen (secondary N) is 2. The molecule has 46 heavy (non-hydrogen) atoms. The number of alkyl halides is 1. The molecule has 2 heterocycles. The zero-order valence-corrected chi connectivity index (χ0v) is 26.5. The lowest BCUT2D eigenvalue weighted by molar-refractivity contribution is -0.149. The van der Waals surface area contributed by atoms with E-state index in [4.69, 9.17) is 23.3 Å². The second kappa shape index (κ2) is 15.0. The number of nitrogens with zero attached hydrogens (tertiary/aromatic N) is 2. The van der Waals surface area contributed by atoms with Crippen LogP contribution in [0, 0.1) is 0 Å². The van der Waals surface area contributed by atoms with E-state index in [0.29, 0.717) is 0 Å². The largest absolute Gasteiger partial charge is 0.462 e. The van der Waals surface area contributed by atoms with E-state index in [0.717, 1.165) is 23.3 Å². The van der Waals surface area contributed by atoms with Crippen LogP contribution in [0.25, 0.3) is 0 Å². The standard InChI is InChI=1S/C30H36FN4O10P/c1-19(2)43-26(37)20(3)34-46(40,45-22-13-9-6-10-14-22)42-18-23-25(36)30(4,31)27(44-23)35-16-15-24(32-28(35)38)33-29(39)41-17-21-11-7-5-8-12-21/h5-16,19-20,23,25,27,36H,17-18H2,1-4H3,(H,34,40)(H,32,33,38,39)/t20-,23+,25+,27+,30+,46-/m0/s1. The van der Waals surface area contributed by atoms with E-state index >= 15 is 4.39 Å². The Morgan fingerprint density at radius 2 is 1.76 bits per heavy atom. The lowest BCUT2D eigenvalue weighted by atomic mass is 9.98. The molecule has 3 aromatic rings. The van der Waals surface area contributed by atoms with Gasteiger partial charge in [-0.05, 0) is 51.5 Å². The Bertz CT molecular complexity index is 1590. The molecule has 0 aliphatic carbocycles. The Labute approximate surface area is 264 Å². The van der Waals surface area contributed by atoms with Crippen LogP contribution in [0.2, 0.25) is 0 Å². The number of para-hydroxylation sites is 1. The van der Waals surface area contributed by atoms with Crippen molar-refractivity contribution in [2.24, 2.45) is 0 Å². The van der Waals surface area contributed by atoms with Gasteiger partial charge in [-0.2, -0.15) is 10.1 Å². The van der Waals surface area contributed by atoms with Gasteiger partial charge in [0.25, 0.3) is 0 Å². The van der Waals surface area contributed by atoms with Crippen LogP contribution in [0.5, 0.6) is 5.75 Å². The number of ether oxygens (including phenoxy) is 3. The molecule has 16 heteroatoms. The van der Waals surface area contributed by atoms with E-state index in [9.17, 15) is 24.1 Å². The van der Waals surface area contributed by atoms with E-state index in [1.165, 1.54) is 25.1 Å². The zero-order valence-electron chi connectivity index (χ0n) is 25.6. The minimum absolute atomic E-state index is 0.0129. The molecule has 248 valence electrons. The third kappa shape index (κ3) is 8.98. The Hall–Kier alpha value is -4.14. The summed E-state index contributed by atoms with van der Waals surface area (Å²) < 4.78 is 57.5. The number of hydrogen-bond acceptors (Lipinski definition) is 11. The summed E-state index contributed by atoms with van der Waals surface area (Å²) in [6.07, 6.45) is -5.15. The fourth-order valence-corrected chi connectivity index (χ4v) is 5.88. The molecule has 1 aromatic heterocycles. The Kier molecular flexibility index (Phi) is 11.3. The van der Waals surface area contributed by atoms with E-state index in [2.05, 4.69) is 15.4 Å². The van der Waals surface area contributed by atoms with Gasteiger partial charge in [0.2, 0.25) is 0 Å². The summed E-state index contributed by atoms with van der Waals surface area (Å²) in [5.74, 6) is -0.745. The molecule has 0 spiro atoms. The van der Waals surface area contributed by atoms with Crippen molar-refractivity contribution in [3.05, 3.63) is 89.0 Å². The number of esters is 1. The number of carbonyl (C=O) groups is 2. The van der Waals surface area contributed by atoms with Crippen LogP contribution in [0.1, 0.15) is 39.5 Å². The van der Waals surface area contributed by atoms with E-state index in [1.807, 2.05) is 6.07 Å². The van der Waals surface area contributed by atoms with Crippen LogP contribution in [-0.4, -0.2) is 63.3 Å². The van der Waals surface area contributed by atoms with E-state index in [-0.39, 0.29) is 18.2 Å². The maximum absolute atomic E-state index is 15.9. The minimum atomic E-state index is -4.36. The van der Waals surface area contributed by atoms with Crippen molar-refractivity contribution in [1.82, 2.24) is 14.6 Å². The number of halogens is 1. The number of aliphatic hydroxyl groups excluding tert-OH is 1. The highest BCUT2D eigenvalue weighted by molar-refractivity contribution is 7.52. The number of benzene rings is 2. The maximum Gasteiger partial charge on any atom is 0.459 e. The number of carbonyl (C=O) groups excluding carboxylic acids is 2. The molecular formula is C30H36FN4O10P. The molecule has 1 aliphatic heterocycles. The summed E-state index contributed by atoms with van der Waals surface area (Å²) in [7, 11) is -4.36. The lowest BCUT2D eigenvalue weighted by Gasteiger charge is -2.25. The van der Waals surface area contributed by atoms with Gasteiger partial charge >= 0.3 is 25.5 Å². The number of hydrogen-bond donors (Lipinski definition) is 3. The monoisotopic (exact) mass is 662 g/mol. The maximum atomic E-state index is 15.9. The molecule has 6 atom stereocenters. The van der Waals surface area contributed by atoms with Crippen LogP contribution < -0.4 is 20.6 Å². The first-order valence-corrected chi connectivity index (χ1v) is 15.9. The smallest absolute Gasteiger partial charge is 0.459 e. The van der Waals surface area contributed by atoms with Gasteiger partial charge in [0.15, 0.2) is 11.9 Å². The van der Waals surface area contributed by atoms with Gasteiger partial charge in [0, 0.05) is 6.20 Å². The molecule has 0 bridgehead atoms. The molecular weight excluding hydrogens is 626 g/mol. The second-order valence-electron chi connectivity index (χ2n) is 10.8. The molecule has 3 N–H and O–H groups in total. The number of amides is 1. The number of aliphatic hydroxyl groups is 1.